The van der Waals surface area contributed by atoms with Crippen molar-refractivity contribution in [1.82, 2.24) is 4.90 Å². The molecule has 1 N–H and O–H groups in total. The van der Waals surface area contributed by atoms with Crippen molar-refractivity contribution in [3.05, 3.63) is 0 Å². The normalized spacial score (nSPS) is 22.2. The SMILES string of the molecule is CC1(C)CC(=O)N(C(CCO)C(C)(C)C)C(=O)C1. The van der Waals surface area contributed by atoms with Gasteiger partial charge in [-0.1, -0.05) is 34.6 Å². The Morgan fingerprint density at radius 2 is 1.67 bits per heavy atom. The lowest BCUT2D eigenvalue weighted by molar-refractivity contribution is -0.158. The molecule has 4 heteroatoms. The fourth-order valence-electron chi connectivity index (χ4n) is 2.61. The van der Waals surface area contributed by atoms with Crippen LogP contribution in [0.2, 0.25) is 0 Å². The lowest BCUT2D eigenvalue weighted by atomic mass is 9.77. The molecule has 0 aliphatic carbocycles. The van der Waals surface area contributed by atoms with Crippen LogP contribution in [0, 0.1) is 10.8 Å². The zero-order valence-corrected chi connectivity index (χ0v) is 12.1. The van der Waals surface area contributed by atoms with Gasteiger partial charge in [0.25, 0.3) is 0 Å². The number of hydrogen-bond acceptors (Lipinski definition) is 3. The number of amides is 2. The second-order valence-electron chi connectivity index (χ2n) is 7.07. The number of hydrogen-bond donors (Lipinski definition) is 1. The van der Waals surface area contributed by atoms with Gasteiger partial charge in [-0.25, -0.2) is 0 Å². The molecule has 1 saturated heterocycles. The number of piperidine rings is 1. The smallest absolute Gasteiger partial charge is 0.229 e. The highest BCUT2D eigenvalue weighted by molar-refractivity contribution is 5.98. The van der Waals surface area contributed by atoms with Crippen LogP contribution in [0.4, 0.5) is 0 Å². The van der Waals surface area contributed by atoms with E-state index in [1.165, 1.54) is 4.90 Å². The van der Waals surface area contributed by atoms with E-state index < -0.39 is 0 Å². The first-order chi connectivity index (χ1) is 8.08. The van der Waals surface area contributed by atoms with Gasteiger partial charge in [-0.15, -0.1) is 0 Å². The van der Waals surface area contributed by atoms with E-state index in [1.807, 2.05) is 34.6 Å². The van der Waals surface area contributed by atoms with E-state index >= 15 is 0 Å². The molecule has 0 aromatic heterocycles. The van der Waals surface area contributed by atoms with Crippen LogP contribution in [0.3, 0.4) is 0 Å². The zero-order valence-electron chi connectivity index (χ0n) is 12.1. The molecule has 1 rings (SSSR count). The Hall–Kier alpha value is -0.900. The van der Waals surface area contributed by atoms with Crippen LogP contribution in [-0.4, -0.2) is 34.5 Å². The van der Waals surface area contributed by atoms with E-state index in [-0.39, 0.29) is 35.3 Å². The second kappa shape index (κ2) is 5.00. The molecule has 1 atom stereocenters. The van der Waals surface area contributed by atoms with Crippen molar-refractivity contribution in [2.75, 3.05) is 6.61 Å². The standard InChI is InChI=1S/C14H25NO3/c1-13(2,3)10(6-7-16)15-11(17)8-14(4,5)9-12(15)18/h10,16H,6-9H2,1-5H3. The van der Waals surface area contributed by atoms with Crippen molar-refractivity contribution < 1.29 is 14.7 Å². The molecule has 2 amide bonds. The molecule has 0 aromatic rings. The van der Waals surface area contributed by atoms with Crippen LogP contribution in [0.1, 0.15) is 53.9 Å². The number of rotatable bonds is 3. The Bertz CT molecular complexity index is 321. The molecule has 4 nitrogen and oxygen atoms in total. The summed E-state index contributed by atoms with van der Waals surface area (Å²) in [6.45, 7) is 9.86. The highest BCUT2D eigenvalue weighted by Crippen LogP contribution is 2.36. The van der Waals surface area contributed by atoms with Crippen molar-refractivity contribution in [2.24, 2.45) is 10.8 Å². The highest BCUT2D eigenvalue weighted by atomic mass is 16.3. The first-order valence-corrected chi connectivity index (χ1v) is 6.54. The summed E-state index contributed by atoms with van der Waals surface area (Å²) in [6, 6.07) is -0.224. The fourth-order valence-corrected chi connectivity index (χ4v) is 2.61. The lowest BCUT2D eigenvalue weighted by Crippen LogP contribution is -2.55. The molecular weight excluding hydrogens is 230 g/mol. The van der Waals surface area contributed by atoms with Crippen molar-refractivity contribution in [1.29, 1.82) is 0 Å². The monoisotopic (exact) mass is 255 g/mol. The summed E-state index contributed by atoms with van der Waals surface area (Å²) in [5.41, 5.74) is -0.456. The Morgan fingerprint density at radius 1 is 1.22 bits per heavy atom. The van der Waals surface area contributed by atoms with Gasteiger partial charge in [0.15, 0.2) is 0 Å². The minimum atomic E-state index is -0.244. The zero-order chi connectivity index (χ0) is 14.1. The van der Waals surface area contributed by atoms with E-state index in [0.29, 0.717) is 19.3 Å². The summed E-state index contributed by atoms with van der Waals surface area (Å²) >= 11 is 0. The van der Waals surface area contributed by atoms with Crippen LogP contribution in [0.5, 0.6) is 0 Å². The average molecular weight is 255 g/mol. The number of imide groups is 1. The topological polar surface area (TPSA) is 57.6 Å². The van der Waals surface area contributed by atoms with Crippen LogP contribution >= 0.6 is 0 Å². The summed E-state index contributed by atoms with van der Waals surface area (Å²) in [5, 5.41) is 9.16. The summed E-state index contributed by atoms with van der Waals surface area (Å²) in [5.74, 6) is -0.214. The van der Waals surface area contributed by atoms with Gasteiger partial charge in [0.1, 0.15) is 0 Å². The molecule has 0 radical (unpaired) electrons. The van der Waals surface area contributed by atoms with Gasteiger partial charge in [0.2, 0.25) is 11.8 Å². The number of aliphatic hydroxyl groups is 1. The molecule has 1 aliphatic rings. The van der Waals surface area contributed by atoms with E-state index in [9.17, 15) is 9.59 Å². The Kier molecular flexibility index (Phi) is 4.21. The summed E-state index contributed by atoms with van der Waals surface area (Å²) in [7, 11) is 0. The summed E-state index contributed by atoms with van der Waals surface area (Å²) in [6.07, 6.45) is 1.24. The number of carbonyl (C=O) groups is 2. The van der Waals surface area contributed by atoms with Gasteiger partial charge in [0, 0.05) is 25.5 Å². The minimum Gasteiger partial charge on any atom is -0.396 e. The third-order valence-electron chi connectivity index (χ3n) is 3.51. The van der Waals surface area contributed by atoms with Crippen molar-refractivity contribution in [3.63, 3.8) is 0 Å². The fraction of sp³-hybridized carbons (Fsp3) is 0.857. The number of likely N-dealkylation sites (tertiary alicyclic amines) is 1. The molecule has 18 heavy (non-hydrogen) atoms. The van der Waals surface area contributed by atoms with E-state index in [0.717, 1.165) is 0 Å². The minimum absolute atomic E-state index is 0.0115. The molecule has 0 spiro atoms. The Balaban J connectivity index is 2.99. The van der Waals surface area contributed by atoms with E-state index in [2.05, 4.69) is 0 Å². The van der Waals surface area contributed by atoms with Gasteiger partial charge in [-0.3, -0.25) is 14.5 Å². The maximum atomic E-state index is 12.2. The van der Waals surface area contributed by atoms with Crippen LogP contribution in [-0.2, 0) is 9.59 Å². The van der Waals surface area contributed by atoms with Crippen LogP contribution < -0.4 is 0 Å². The van der Waals surface area contributed by atoms with Crippen molar-refractivity contribution in [3.8, 4) is 0 Å². The molecule has 1 heterocycles. The molecular formula is C14H25NO3. The molecule has 104 valence electrons. The maximum absolute atomic E-state index is 12.2. The van der Waals surface area contributed by atoms with Crippen LogP contribution in [0.15, 0.2) is 0 Å². The van der Waals surface area contributed by atoms with Gasteiger partial charge in [-0.05, 0) is 17.3 Å². The molecule has 1 aliphatic heterocycles. The number of aliphatic hydroxyl groups excluding tert-OH is 1. The first-order valence-electron chi connectivity index (χ1n) is 6.54. The second-order valence-corrected chi connectivity index (χ2v) is 7.07. The predicted molar refractivity (Wildman–Crippen MR) is 69.8 cm³/mol. The van der Waals surface area contributed by atoms with Gasteiger partial charge in [0.05, 0.1) is 0 Å². The Morgan fingerprint density at radius 3 is 2.00 bits per heavy atom. The number of carbonyl (C=O) groups excluding carboxylic acids is 2. The molecule has 0 bridgehead atoms. The molecule has 1 fully saturated rings. The predicted octanol–water partition coefficient (Wildman–Crippen LogP) is 1.96. The van der Waals surface area contributed by atoms with Crippen molar-refractivity contribution in [2.45, 2.75) is 59.9 Å². The van der Waals surface area contributed by atoms with Gasteiger partial charge >= 0.3 is 0 Å². The Labute approximate surface area is 109 Å². The van der Waals surface area contributed by atoms with Gasteiger partial charge in [-0.2, -0.15) is 0 Å². The first kappa shape index (κ1) is 15.2. The van der Waals surface area contributed by atoms with E-state index in [1.54, 1.807) is 0 Å². The average Bonchev–Trinajstić information content (AvgIpc) is 2.11. The summed E-state index contributed by atoms with van der Waals surface area (Å²) < 4.78 is 0. The molecule has 0 aromatic carbocycles. The molecule has 1 unspecified atom stereocenters. The quantitative estimate of drug-likeness (QED) is 0.784. The van der Waals surface area contributed by atoms with Crippen LogP contribution in [0.25, 0.3) is 0 Å². The summed E-state index contributed by atoms with van der Waals surface area (Å²) in [4.78, 5) is 25.8. The van der Waals surface area contributed by atoms with Gasteiger partial charge < -0.3 is 5.11 Å². The van der Waals surface area contributed by atoms with E-state index in [4.69, 9.17) is 5.11 Å². The number of nitrogens with zero attached hydrogens (tertiary/aromatic N) is 1. The largest absolute Gasteiger partial charge is 0.396 e. The maximum Gasteiger partial charge on any atom is 0.229 e. The highest BCUT2D eigenvalue weighted by Gasteiger charge is 2.43. The molecule has 0 saturated carbocycles. The lowest BCUT2D eigenvalue weighted by Gasteiger charge is -2.43. The third kappa shape index (κ3) is 3.31. The van der Waals surface area contributed by atoms with Crippen molar-refractivity contribution >= 4 is 11.8 Å². The third-order valence-corrected chi connectivity index (χ3v) is 3.51.